The van der Waals surface area contributed by atoms with Crippen molar-refractivity contribution in [3.05, 3.63) is 40.7 Å². The summed E-state index contributed by atoms with van der Waals surface area (Å²) < 4.78 is 66.7. The molecule has 0 unspecified atom stereocenters. The molecule has 0 amide bonds. The molecule has 0 spiro atoms. The zero-order valence-electron chi connectivity index (χ0n) is 18.0. The predicted octanol–water partition coefficient (Wildman–Crippen LogP) is 4.35. The number of halogens is 4. The highest BCUT2D eigenvalue weighted by Gasteiger charge is 2.48. The molecule has 0 saturated heterocycles. The fourth-order valence-electron chi connectivity index (χ4n) is 3.23. The van der Waals surface area contributed by atoms with E-state index < -0.39 is 29.6 Å². The van der Waals surface area contributed by atoms with E-state index in [9.17, 15) is 27.5 Å². The van der Waals surface area contributed by atoms with E-state index in [0.717, 1.165) is 0 Å². The van der Waals surface area contributed by atoms with Gasteiger partial charge < -0.3 is 29.3 Å². The van der Waals surface area contributed by atoms with Crippen molar-refractivity contribution in [3.63, 3.8) is 0 Å². The third-order valence-corrected chi connectivity index (χ3v) is 7.14. The number of aromatic nitrogens is 2. The highest BCUT2D eigenvalue weighted by molar-refractivity contribution is 7.53. The third-order valence-electron chi connectivity index (χ3n) is 5.03. The van der Waals surface area contributed by atoms with E-state index in [2.05, 4.69) is 15.3 Å². The van der Waals surface area contributed by atoms with Gasteiger partial charge in [-0.15, -0.1) is 0 Å². The molecule has 33 heavy (non-hydrogen) atoms. The normalized spacial score (nSPS) is 12.6. The number of anilines is 2. The molecule has 0 aliphatic carbocycles. The molecule has 1 heterocycles. The van der Waals surface area contributed by atoms with Crippen molar-refractivity contribution >= 4 is 30.8 Å². The van der Waals surface area contributed by atoms with Gasteiger partial charge in [-0.3, -0.25) is 4.57 Å². The molecule has 184 valence electrons. The first-order valence-corrected chi connectivity index (χ1v) is 11.5. The maximum Gasteiger partial charge on any atom is 0.420 e. The number of nitrogens with zero attached hydrogens (tertiary/aromatic N) is 2. The number of benzene rings is 1. The van der Waals surface area contributed by atoms with Crippen LogP contribution >= 0.6 is 19.2 Å². The Labute approximate surface area is 193 Å². The van der Waals surface area contributed by atoms with Gasteiger partial charge in [0, 0.05) is 33.6 Å². The maximum absolute atomic E-state index is 12.9. The number of rotatable bonds is 11. The molecule has 0 fully saturated rings. The second kappa shape index (κ2) is 11.0. The molecular weight excluding hydrogens is 490 g/mol. The number of ether oxygens (including phenoxy) is 3. The monoisotopic (exact) mass is 513 g/mol. The van der Waals surface area contributed by atoms with Crippen LogP contribution in [0.2, 0.25) is 5.15 Å². The minimum atomic E-state index is -4.71. The minimum Gasteiger partial charge on any atom is -0.495 e. The van der Waals surface area contributed by atoms with Gasteiger partial charge in [0.1, 0.15) is 21.6 Å². The van der Waals surface area contributed by atoms with Crippen molar-refractivity contribution in [2.45, 2.75) is 24.2 Å². The van der Waals surface area contributed by atoms with E-state index in [-0.39, 0.29) is 49.0 Å². The Morgan fingerprint density at radius 3 is 2.18 bits per heavy atom. The molecule has 2 rings (SSSR count). The molecule has 0 radical (unpaired) electrons. The highest BCUT2D eigenvalue weighted by atomic mass is 35.5. The van der Waals surface area contributed by atoms with Crippen molar-refractivity contribution in [2.75, 3.05) is 39.9 Å². The lowest BCUT2D eigenvalue weighted by Crippen LogP contribution is -2.30. The quantitative estimate of drug-likeness (QED) is 0.297. The van der Waals surface area contributed by atoms with Crippen LogP contribution in [0.25, 0.3) is 0 Å². The largest absolute Gasteiger partial charge is 0.495 e. The standard InChI is InChI=1S/C19H24ClF3N3O6P/c1-30-8-6-18(7-9-31-2,33(27,28)29)12-4-5-14(15(10-12)32-3)25-17-24-11-13(16(20)26-17)19(21,22)23/h4-5,10-11H,6-9H2,1-3H3,(H,24,25,26)(H2,27,28,29). The van der Waals surface area contributed by atoms with Crippen LogP contribution in [-0.4, -0.2) is 54.3 Å². The van der Waals surface area contributed by atoms with Gasteiger partial charge in [-0.2, -0.15) is 13.2 Å². The van der Waals surface area contributed by atoms with E-state index in [4.69, 9.17) is 25.8 Å². The predicted molar refractivity (Wildman–Crippen MR) is 115 cm³/mol. The second-order valence-electron chi connectivity index (χ2n) is 7.00. The van der Waals surface area contributed by atoms with Crippen LogP contribution in [0, 0.1) is 0 Å². The molecule has 0 bridgehead atoms. The van der Waals surface area contributed by atoms with Gasteiger partial charge in [0.05, 0.1) is 12.8 Å². The molecule has 2 aromatic rings. The van der Waals surface area contributed by atoms with Gasteiger partial charge in [0.15, 0.2) is 0 Å². The molecule has 0 saturated carbocycles. The van der Waals surface area contributed by atoms with Crippen molar-refractivity contribution in [1.29, 1.82) is 0 Å². The molecule has 0 aliphatic heterocycles. The number of hydrogen-bond donors (Lipinski definition) is 3. The Hall–Kier alpha value is -1.95. The van der Waals surface area contributed by atoms with E-state index in [1.807, 2.05) is 0 Å². The Balaban J connectivity index is 2.48. The zero-order chi connectivity index (χ0) is 24.9. The average molecular weight is 514 g/mol. The number of alkyl halides is 3. The van der Waals surface area contributed by atoms with Gasteiger partial charge in [-0.1, -0.05) is 17.7 Å². The van der Waals surface area contributed by atoms with Gasteiger partial charge in [-0.05, 0) is 30.5 Å². The fraction of sp³-hybridized carbons (Fsp3) is 0.474. The van der Waals surface area contributed by atoms with Crippen LogP contribution in [-0.2, 0) is 25.4 Å². The van der Waals surface area contributed by atoms with Crippen LogP contribution in [0.4, 0.5) is 24.8 Å². The van der Waals surface area contributed by atoms with Crippen LogP contribution in [0.1, 0.15) is 24.0 Å². The van der Waals surface area contributed by atoms with Gasteiger partial charge in [0.2, 0.25) is 5.95 Å². The minimum absolute atomic E-state index is 0.00465. The summed E-state index contributed by atoms with van der Waals surface area (Å²) in [7, 11) is -0.545. The lowest BCUT2D eigenvalue weighted by Gasteiger charge is -2.35. The van der Waals surface area contributed by atoms with E-state index in [1.54, 1.807) is 0 Å². The lowest BCUT2D eigenvalue weighted by atomic mass is 9.91. The van der Waals surface area contributed by atoms with Crippen molar-refractivity contribution in [3.8, 4) is 5.75 Å². The molecule has 3 N–H and O–H groups in total. The van der Waals surface area contributed by atoms with Crippen LogP contribution < -0.4 is 10.1 Å². The molecule has 0 aliphatic rings. The maximum atomic E-state index is 12.9. The topological polar surface area (TPSA) is 123 Å². The molecule has 1 aromatic carbocycles. The summed E-state index contributed by atoms with van der Waals surface area (Å²) in [5, 5.41) is 0.310. The van der Waals surface area contributed by atoms with Crippen molar-refractivity contribution in [1.82, 2.24) is 9.97 Å². The fourth-order valence-corrected chi connectivity index (χ4v) is 4.71. The number of methoxy groups -OCH3 is 3. The number of nitrogens with one attached hydrogen (secondary N) is 1. The summed E-state index contributed by atoms with van der Waals surface area (Å²) in [6.45, 7) is 0.157. The Morgan fingerprint density at radius 2 is 1.73 bits per heavy atom. The second-order valence-corrected chi connectivity index (χ2v) is 9.30. The third kappa shape index (κ3) is 6.34. The van der Waals surface area contributed by atoms with E-state index >= 15 is 0 Å². The zero-order valence-corrected chi connectivity index (χ0v) is 19.7. The smallest absolute Gasteiger partial charge is 0.420 e. The van der Waals surface area contributed by atoms with Crippen LogP contribution in [0.5, 0.6) is 5.75 Å². The van der Waals surface area contributed by atoms with Crippen LogP contribution in [0.15, 0.2) is 24.4 Å². The molecular formula is C19H24ClF3N3O6P. The lowest BCUT2D eigenvalue weighted by molar-refractivity contribution is -0.137. The first kappa shape index (κ1) is 27.3. The summed E-state index contributed by atoms with van der Waals surface area (Å²) in [5.74, 6) is -0.0705. The molecule has 14 heteroatoms. The van der Waals surface area contributed by atoms with E-state index in [0.29, 0.717) is 6.20 Å². The Bertz CT molecular complexity index is 997. The van der Waals surface area contributed by atoms with Gasteiger partial charge >= 0.3 is 13.8 Å². The first-order chi connectivity index (χ1) is 15.4. The van der Waals surface area contributed by atoms with Gasteiger partial charge in [-0.25, -0.2) is 9.97 Å². The SMILES string of the molecule is COCCC(CCOC)(c1ccc(Nc2ncc(C(F)(F)F)c(Cl)n2)c(OC)c1)P(=O)(O)O. The van der Waals surface area contributed by atoms with Crippen LogP contribution in [0.3, 0.4) is 0 Å². The van der Waals surface area contributed by atoms with Crippen molar-refractivity contribution < 1.29 is 41.7 Å². The summed E-state index contributed by atoms with van der Waals surface area (Å²) >= 11 is 5.63. The molecule has 9 nitrogen and oxygen atoms in total. The first-order valence-electron chi connectivity index (χ1n) is 9.48. The average Bonchev–Trinajstić information content (AvgIpc) is 2.72. The summed E-state index contributed by atoms with van der Waals surface area (Å²) in [6.07, 6.45) is -4.15. The van der Waals surface area contributed by atoms with Crippen molar-refractivity contribution in [2.24, 2.45) is 0 Å². The summed E-state index contributed by atoms with van der Waals surface area (Å²) in [6, 6.07) is 4.35. The van der Waals surface area contributed by atoms with Gasteiger partial charge in [0.25, 0.3) is 0 Å². The Kier molecular flexibility index (Phi) is 9.09. The Morgan fingerprint density at radius 1 is 1.12 bits per heavy atom. The summed E-state index contributed by atoms with van der Waals surface area (Å²) in [4.78, 5) is 27.7. The highest BCUT2D eigenvalue weighted by Crippen LogP contribution is 2.61. The summed E-state index contributed by atoms with van der Waals surface area (Å²) in [5.41, 5.74) is -0.659. The molecule has 0 atom stereocenters. The molecule has 1 aromatic heterocycles. The van der Waals surface area contributed by atoms with E-state index in [1.165, 1.54) is 39.5 Å². The number of hydrogen-bond acceptors (Lipinski definition) is 7.